The van der Waals surface area contributed by atoms with Crippen LogP contribution in [0.5, 0.6) is 0 Å². The predicted octanol–water partition coefficient (Wildman–Crippen LogP) is 0.384. The minimum absolute atomic E-state index is 0.219. The Kier molecular flexibility index (Phi) is 6.00. The number of aliphatic hydroxyl groups excluding tert-OH is 5. The maximum Gasteiger partial charge on any atom is 0.314 e. The lowest BCUT2D eigenvalue weighted by molar-refractivity contribution is -0.303. The van der Waals surface area contributed by atoms with Gasteiger partial charge in [0, 0.05) is 10.8 Å². The Morgan fingerprint density at radius 2 is 1.77 bits per heavy atom. The molecule has 0 radical (unpaired) electrons. The summed E-state index contributed by atoms with van der Waals surface area (Å²) in [5, 5.41) is 63.6. The van der Waals surface area contributed by atoms with Crippen LogP contribution in [0.1, 0.15) is 65.2 Å². The van der Waals surface area contributed by atoms with Gasteiger partial charge >= 0.3 is 5.97 Å². The highest BCUT2D eigenvalue weighted by Crippen LogP contribution is 2.73. The molecule has 198 valence electrons. The zero-order chi connectivity index (χ0) is 25.6. The van der Waals surface area contributed by atoms with Crippen LogP contribution >= 0.6 is 0 Å². The van der Waals surface area contributed by atoms with Crippen LogP contribution in [0.3, 0.4) is 0 Å². The normalized spacial score (nSPS) is 55.7. The van der Waals surface area contributed by atoms with Crippen molar-refractivity contribution in [1.82, 2.24) is 0 Å². The van der Waals surface area contributed by atoms with Gasteiger partial charge in [-0.1, -0.05) is 19.9 Å². The topological polar surface area (TPSA) is 157 Å². The summed E-state index contributed by atoms with van der Waals surface area (Å²) < 4.78 is 11.0. The van der Waals surface area contributed by atoms with Crippen LogP contribution in [-0.2, 0) is 14.3 Å². The summed E-state index contributed by atoms with van der Waals surface area (Å²) in [5.74, 6) is -0.603. The molecule has 4 saturated carbocycles. The van der Waals surface area contributed by atoms with E-state index in [4.69, 9.17) is 9.47 Å². The monoisotopic (exact) mass is 496 g/mol. The number of hydrogen-bond donors (Lipinski definition) is 6. The second kappa shape index (κ2) is 8.21. The fourth-order valence-corrected chi connectivity index (χ4v) is 8.93. The first-order valence-corrected chi connectivity index (χ1v) is 13.0. The molecule has 9 heteroatoms. The van der Waals surface area contributed by atoms with E-state index in [9.17, 15) is 35.4 Å². The zero-order valence-corrected chi connectivity index (χ0v) is 20.6. The van der Waals surface area contributed by atoms with Gasteiger partial charge in [-0.2, -0.15) is 0 Å². The molecular weight excluding hydrogens is 456 g/mol. The van der Waals surface area contributed by atoms with E-state index in [1.54, 1.807) is 0 Å². The van der Waals surface area contributed by atoms with Gasteiger partial charge < -0.3 is 40.1 Å². The van der Waals surface area contributed by atoms with E-state index in [1.807, 2.05) is 13.8 Å². The summed E-state index contributed by atoms with van der Waals surface area (Å²) in [4.78, 5) is 13.7. The van der Waals surface area contributed by atoms with Crippen LogP contribution in [0.15, 0.2) is 12.2 Å². The van der Waals surface area contributed by atoms with Gasteiger partial charge in [-0.05, 0) is 69.3 Å². The number of fused-ring (bicyclic) bond motifs is 3. The van der Waals surface area contributed by atoms with E-state index in [-0.39, 0.29) is 11.8 Å². The van der Waals surface area contributed by atoms with Crippen molar-refractivity contribution in [2.24, 2.45) is 28.1 Å². The van der Waals surface area contributed by atoms with E-state index >= 15 is 0 Å². The first-order chi connectivity index (χ1) is 16.4. The van der Waals surface area contributed by atoms with Gasteiger partial charge in [0.15, 0.2) is 0 Å². The third kappa shape index (κ3) is 3.15. The van der Waals surface area contributed by atoms with Crippen LogP contribution in [0.4, 0.5) is 0 Å². The van der Waals surface area contributed by atoms with Gasteiger partial charge in [-0.15, -0.1) is 0 Å². The predicted molar refractivity (Wildman–Crippen MR) is 123 cm³/mol. The van der Waals surface area contributed by atoms with Crippen molar-refractivity contribution in [3.05, 3.63) is 12.2 Å². The quantitative estimate of drug-likeness (QED) is 0.240. The molecule has 35 heavy (non-hydrogen) atoms. The molecule has 5 aliphatic rings. The molecule has 5 rings (SSSR count). The Hall–Kier alpha value is -1.07. The number of carbonyl (C=O) groups is 1. The lowest BCUT2D eigenvalue weighted by Crippen LogP contribution is -2.71. The minimum atomic E-state index is -1.66. The van der Waals surface area contributed by atoms with Gasteiger partial charge in [0.2, 0.25) is 6.29 Å². The summed E-state index contributed by atoms with van der Waals surface area (Å²) in [5.41, 5.74) is -2.60. The molecule has 6 N–H and O–H groups in total. The number of carbonyl (C=O) groups excluding carboxylic acids is 1. The summed E-state index contributed by atoms with van der Waals surface area (Å²) in [7, 11) is 0. The highest BCUT2D eigenvalue weighted by molar-refractivity contribution is 5.77. The van der Waals surface area contributed by atoms with E-state index in [0.29, 0.717) is 32.1 Å². The molecule has 9 nitrogen and oxygen atoms in total. The van der Waals surface area contributed by atoms with Crippen molar-refractivity contribution in [3.63, 3.8) is 0 Å². The van der Waals surface area contributed by atoms with E-state index in [2.05, 4.69) is 6.58 Å². The van der Waals surface area contributed by atoms with Crippen LogP contribution in [0.2, 0.25) is 0 Å². The number of rotatable bonds is 3. The Bertz CT molecular complexity index is 892. The van der Waals surface area contributed by atoms with Crippen molar-refractivity contribution in [2.45, 2.75) is 108 Å². The highest BCUT2D eigenvalue weighted by Gasteiger charge is 2.75. The van der Waals surface area contributed by atoms with Gasteiger partial charge in [0.1, 0.15) is 24.4 Å². The van der Waals surface area contributed by atoms with Gasteiger partial charge in [0.25, 0.3) is 0 Å². The molecule has 12 atom stereocenters. The first-order valence-electron chi connectivity index (χ1n) is 13.0. The molecule has 1 saturated heterocycles. The number of ether oxygens (including phenoxy) is 2. The second-order valence-corrected chi connectivity index (χ2v) is 12.3. The van der Waals surface area contributed by atoms with Crippen LogP contribution in [0, 0.1) is 28.1 Å². The van der Waals surface area contributed by atoms with Crippen molar-refractivity contribution in [2.75, 3.05) is 6.61 Å². The summed E-state index contributed by atoms with van der Waals surface area (Å²) >= 11 is 0. The highest BCUT2D eigenvalue weighted by atomic mass is 16.7. The van der Waals surface area contributed by atoms with Gasteiger partial charge in [-0.25, -0.2) is 0 Å². The minimum Gasteiger partial charge on any atom is -0.432 e. The van der Waals surface area contributed by atoms with E-state index in [0.717, 1.165) is 24.8 Å². The number of aliphatic hydroxyl groups is 6. The summed E-state index contributed by atoms with van der Waals surface area (Å²) in [6, 6.07) is 0. The smallest absolute Gasteiger partial charge is 0.314 e. The van der Waals surface area contributed by atoms with Crippen LogP contribution in [-0.4, -0.2) is 85.6 Å². The SMILES string of the molecule is C=C1C2CCC3(O)C4(C)CCCC(C)(C(=O)OC5OC(CO)C(O)C(O)C5O)C4CCC3(C2)C1O. The standard InChI is InChI=1S/C26H40O9/c1-13-14-5-10-26(33)24(3)8-4-7-23(2,16(24)6-9-25(26,11-14)20(13)31)22(32)35-21-19(30)18(29)17(28)15(12-27)34-21/h14-21,27-31,33H,1,4-12H2,2-3H3. The van der Waals surface area contributed by atoms with E-state index in [1.165, 1.54) is 0 Å². The zero-order valence-electron chi connectivity index (χ0n) is 20.6. The lowest BCUT2D eigenvalue weighted by atomic mass is 9.38. The molecule has 5 fully saturated rings. The third-order valence-electron chi connectivity index (χ3n) is 11.0. The lowest BCUT2D eigenvalue weighted by Gasteiger charge is -2.68. The molecular formula is C26H40O9. The maximum atomic E-state index is 13.7. The molecule has 0 amide bonds. The third-order valence-corrected chi connectivity index (χ3v) is 11.0. The summed E-state index contributed by atoms with van der Waals surface area (Å²) in [6.07, 6.45) is -3.08. The number of esters is 1. The van der Waals surface area contributed by atoms with Crippen molar-refractivity contribution in [3.8, 4) is 0 Å². The Morgan fingerprint density at radius 1 is 1.06 bits per heavy atom. The van der Waals surface area contributed by atoms with Crippen molar-refractivity contribution < 1.29 is 44.9 Å². The number of hydrogen-bond acceptors (Lipinski definition) is 9. The molecule has 1 aliphatic heterocycles. The molecule has 4 aliphatic carbocycles. The average molecular weight is 497 g/mol. The van der Waals surface area contributed by atoms with Crippen LogP contribution in [0.25, 0.3) is 0 Å². The Morgan fingerprint density at radius 3 is 2.46 bits per heavy atom. The largest absolute Gasteiger partial charge is 0.432 e. The fraction of sp³-hybridized carbons (Fsp3) is 0.885. The average Bonchev–Trinajstić information content (AvgIpc) is 3.03. The molecule has 1 spiro atoms. The van der Waals surface area contributed by atoms with Gasteiger partial charge in [-0.3, -0.25) is 4.79 Å². The van der Waals surface area contributed by atoms with Crippen LogP contribution < -0.4 is 0 Å². The van der Waals surface area contributed by atoms with Gasteiger partial charge in [0.05, 0.1) is 23.7 Å². The summed E-state index contributed by atoms with van der Waals surface area (Å²) in [6.45, 7) is 7.41. The Balaban J connectivity index is 1.43. The molecule has 12 unspecified atom stereocenters. The Labute approximate surface area is 205 Å². The maximum absolute atomic E-state index is 13.7. The fourth-order valence-electron chi connectivity index (χ4n) is 8.93. The molecule has 0 aromatic carbocycles. The molecule has 2 bridgehead atoms. The molecule has 1 heterocycles. The molecule has 0 aromatic rings. The first kappa shape index (κ1) is 25.6. The molecule has 0 aromatic heterocycles. The van der Waals surface area contributed by atoms with Crippen molar-refractivity contribution >= 4 is 5.97 Å². The second-order valence-electron chi connectivity index (χ2n) is 12.3. The van der Waals surface area contributed by atoms with Crippen molar-refractivity contribution in [1.29, 1.82) is 0 Å². The van der Waals surface area contributed by atoms with E-state index < -0.39 is 71.2 Å².